The van der Waals surface area contributed by atoms with Crippen molar-refractivity contribution in [2.24, 2.45) is 5.92 Å². The molecule has 1 amide bonds. The quantitative estimate of drug-likeness (QED) is 0.767. The summed E-state index contributed by atoms with van der Waals surface area (Å²) in [6.07, 6.45) is 7.51. The topological polar surface area (TPSA) is 46.1 Å². The predicted octanol–water partition coefficient (Wildman–Crippen LogP) is 2.46. The summed E-state index contributed by atoms with van der Waals surface area (Å²) in [7, 11) is 0. The van der Waals surface area contributed by atoms with Crippen molar-refractivity contribution in [1.29, 1.82) is 0 Å². The van der Waals surface area contributed by atoms with Gasteiger partial charge in [0.1, 0.15) is 6.54 Å². The van der Waals surface area contributed by atoms with Gasteiger partial charge in [-0.1, -0.05) is 20.8 Å². The molecular formula is C16H27N3O. The Morgan fingerprint density at radius 2 is 2.20 bits per heavy atom. The normalized spacial score (nSPS) is 16.4. The van der Waals surface area contributed by atoms with Crippen molar-refractivity contribution in [1.82, 2.24) is 15.2 Å². The molecule has 1 fully saturated rings. The standard InChI is InChI=1S/C16H27N3O/c1-4-8-17-16(12(2)3)13-7-9-19(10-13)11-15(20)18-14-5-6-14/h7,9-10,12,14,16-17H,4-6,8,11H2,1-3H3,(H,18,20). The molecule has 2 rings (SSSR count). The van der Waals surface area contributed by atoms with Crippen LogP contribution in [-0.2, 0) is 11.3 Å². The molecule has 1 aliphatic carbocycles. The number of carbonyl (C=O) groups is 1. The number of rotatable bonds is 8. The first-order chi connectivity index (χ1) is 9.60. The van der Waals surface area contributed by atoms with Gasteiger partial charge in [-0.25, -0.2) is 0 Å². The summed E-state index contributed by atoms with van der Waals surface area (Å²) in [6.45, 7) is 8.08. The fourth-order valence-corrected chi connectivity index (χ4v) is 2.45. The van der Waals surface area contributed by atoms with Gasteiger partial charge in [-0.05, 0) is 43.4 Å². The van der Waals surface area contributed by atoms with E-state index in [-0.39, 0.29) is 5.91 Å². The molecular weight excluding hydrogens is 250 g/mol. The lowest BCUT2D eigenvalue weighted by molar-refractivity contribution is -0.121. The molecule has 4 nitrogen and oxygen atoms in total. The molecule has 0 bridgehead atoms. The maximum atomic E-state index is 11.8. The lowest BCUT2D eigenvalue weighted by Crippen LogP contribution is -2.29. The molecule has 0 saturated heterocycles. The molecule has 1 aromatic rings. The van der Waals surface area contributed by atoms with Gasteiger partial charge in [-0.15, -0.1) is 0 Å². The molecule has 0 spiro atoms. The average molecular weight is 277 g/mol. The zero-order valence-corrected chi connectivity index (χ0v) is 12.9. The molecule has 1 aromatic heterocycles. The fraction of sp³-hybridized carbons (Fsp3) is 0.688. The van der Waals surface area contributed by atoms with Gasteiger partial charge in [0, 0.05) is 24.5 Å². The van der Waals surface area contributed by atoms with Crippen molar-refractivity contribution in [3.8, 4) is 0 Å². The molecule has 1 atom stereocenters. The van der Waals surface area contributed by atoms with Gasteiger partial charge < -0.3 is 15.2 Å². The number of aromatic nitrogens is 1. The minimum atomic E-state index is 0.122. The van der Waals surface area contributed by atoms with E-state index in [1.807, 2.05) is 10.8 Å². The largest absolute Gasteiger partial charge is 0.352 e. The number of amides is 1. The highest BCUT2D eigenvalue weighted by Gasteiger charge is 2.23. The summed E-state index contributed by atoms with van der Waals surface area (Å²) in [6, 6.07) is 2.92. The van der Waals surface area contributed by atoms with Crippen molar-refractivity contribution in [3.63, 3.8) is 0 Å². The van der Waals surface area contributed by atoms with Crippen LogP contribution in [0.25, 0.3) is 0 Å². The van der Waals surface area contributed by atoms with E-state index < -0.39 is 0 Å². The summed E-state index contributed by atoms with van der Waals surface area (Å²) in [4.78, 5) is 11.8. The summed E-state index contributed by atoms with van der Waals surface area (Å²) in [5, 5.41) is 6.60. The first-order valence-electron chi connectivity index (χ1n) is 7.78. The van der Waals surface area contributed by atoms with Crippen LogP contribution >= 0.6 is 0 Å². The number of nitrogens with one attached hydrogen (secondary N) is 2. The number of nitrogens with zero attached hydrogens (tertiary/aromatic N) is 1. The molecule has 0 aliphatic heterocycles. The number of hydrogen-bond donors (Lipinski definition) is 2. The van der Waals surface area contributed by atoms with Gasteiger partial charge in [0.25, 0.3) is 0 Å². The SMILES string of the molecule is CCCNC(c1ccn(CC(=O)NC2CC2)c1)C(C)C. The van der Waals surface area contributed by atoms with Crippen LogP contribution in [0.15, 0.2) is 18.5 Å². The molecule has 0 radical (unpaired) electrons. The van der Waals surface area contributed by atoms with Gasteiger partial charge in [-0.2, -0.15) is 0 Å². The molecule has 4 heteroatoms. The third-order valence-corrected chi connectivity index (χ3v) is 3.68. The third kappa shape index (κ3) is 4.37. The smallest absolute Gasteiger partial charge is 0.240 e. The second kappa shape index (κ2) is 6.93. The van der Waals surface area contributed by atoms with E-state index in [0.717, 1.165) is 25.8 Å². The van der Waals surface area contributed by atoms with Crippen LogP contribution in [-0.4, -0.2) is 23.1 Å². The zero-order valence-electron chi connectivity index (χ0n) is 12.9. The summed E-state index contributed by atoms with van der Waals surface area (Å²) in [5.74, 6) is 0.662. The van der Waals surface area contributed by atoms with Crippen molar-refractivity contribution in [3.05, 3.63) is 24.0 Å². The Labute approximate surface area is 121 Å². The Hall–Kier alpha value is -1.29. The van der Waals surface area contributed by atoms with Gasteiger partial charge in [0.05, 0.1) is 0 Å². The first kappa shape index (κ1) is 15.1. The highest BCUT2D eigenvalue weighted by molar-refractivity contribution is 5.76. The van der Waals surface area contributed by atoms with E-state index in [1.165, 1.54) is 5.56 Å². The Balaban J connectivity index is 1.92. The maximum absolute atomic E-state index is 11.8. The van der Waals surface area contributed by atoms with Crippen molar-refractivity contribution in [2.45, 2.75) is 58.7 Å². The lowest BCUT2D eigenvalue weighted by atomic mass is 9.98. The van der Waals surface area contributed by atoms with E-state index >= 15 is 0 Å². The zero-order chi connectivity index (χ0) is 14.5. The second-order valence-corrected chi connectivity index (χ2v) is 6.13. The van der Waals surface area contributed by atoms with Gasteiger partial charge in [0.15, 0.2) is 0 Å². The molecule has 20 heavy (non-hydrogen) atoms. The third-order valence-electron chi connectivity index (χ3n) is 3.68. The predicted molar refractivity (Wildman–Crippen MR) is 81.5 cm³/mol. The van der Waals surface area contributed by atoms with Crippen LogP contribution in [0.5, 0.6) is 0 Å². The maximum Gasteiger partial charge on any atom is 0.240 e. The Kier molecular flexibility index (Phi) is 5.24. The molecule has 0 aromatic carbocycles. The summed E-state index contributed by atoms with van der Waals surface area (Å²) in [5.41, 5.74) is 1.27. The molecule has 1 aliphatic rings. The van der Waals surface area contributed by atoms with Crippen LogP contribution in [0, 0.1) is 5.92 Å². The summed E-state index contributed by atoms with van der Waals surface area (Å²) >= 11 is 0. The molecule has 1 heterocycles. The Morgan fingerprint density at radius 1 is 1.45 bits per heavy atom. The fourth-order valence-electron chi connectivity index (χ4n) is 2.45. The van der Waals surface area contributed by atoms with E-state index in [0.29, 0.717) is 24.5 Å². The lowest BCUT2D eigenvalue weighted by Gasteiger charge is -2.21. The van der Waals surface area contributed by atoms with E-state index in [9.17, 15) is 4.79 Å². The van der Waals surface area contributed by atoms with Crippen LogP contribution in [0.3, 0.4) is 0 Å². The van der Waals surface area contributed by atoms with Gasteiger partial charge in [0.2, 0.25) is 5.91 Å². The number of carbonyl (C=O) groups excluding carboxylic acids is 1. The van der Waals surface area contributed by atoms with Crippen molar-refractivity contribution in [2.75, 3.05) is 6.54 Å². The number of hydrogen-bond acceptors (Lipinski definition) is 2. The second-order valence-electron chi connectivity index (χ2n) is 6.13. The minimum Gasteiger partial charge on any atom is -0.352 e. The minimum absolute atomic E-state index is 0.122. The van der Waals surface area contributed by atoms with Crippen LogP contribution in [0.1, 0.15) is 51.6 Å². The van der Waals surface area contributed by atoms with Crippen LogP contribution in [0.2, 0.25) is 0 Å². The van der Waals surface area contributed by atoms with Gasteiger partial charge >= 0.3 is 0 Å². The Bertz CT molecular complexity index is 435. The average Bonchev–Trinajstić information content (AvgIpc) is 3.08. The Morgan fingerprint density at radius 3 is 2.80 bits per heavy atom. The molecule has 1 saturated carbocycles. The molecule has 2 N–H and O–H groups in total. The molecule has 1 unspecified atom stereocenters. The molecule has 112 valence electrons. The highest BCUT2D eigenvalue weighted by atomic mass is 16.2. The van der Waals surface area contributed by atoms with Crippen LogP contribution in [0.4, 0.5) is 0 Å². The monoisotopic (exact) mass is 277 g/mol. The highest BCUT2D eigenvalue weighted by Crippen LogP contribution is 2.22. The van der Waals surface area contributed by atoms with E-state index in [4.69, 9.17) is 0 Å². The first-order valence-corrected chi connectivity index (χ1v) is 7.78. The van der Waals surface area contributed by atoms with E-state index in [1.54, 1.807) is 0 Å². The summed E-state index contributed by atoms with van der Waals surface area (Å²) < 4.78 is 1.98. The van der Waals surface area contributed by atoms with E-state index in [2.05, 4.69) is 43.7 Å². The van der Waals surface area contributed by atoms with Crippen molar-refractivity contribution >= 4 is 5.91 Å². The van der Waals surface area contributed by atoms with Crippen LogP contribution < -0.4 is 10.6 Å². The van der Waals surface area contributed by atoms with Gasteiger partial charge in [-0.3, -0.25) is 4.79 Å². The van der Waals surface area contributed by atoms with Crippen molar-refractivity contribution < 1.29 is 4.79 Å².